The Morgan fingerprint density at radius 1 is 0.960 bits per heavy atom. The Labute approximate surface area is 147 Å². The van der Waals surface area contributed by atoms with Gasteiger partial charge >= 0.3 is 0 Å². The van der Waals surface area contributed by atoms with E-state index in [-0.39, 0.29) is 16.8 Å². The number of hydrogen-bond acceptors (Lipinski definition) is 4. The minimum Gasteiger partial charge on any atom is -0.321 e. The molecule has 6 nitrogen and oxygen atoms in total. The lowest BCUT2D eigenvalue weighted by Crippen LogP contribution is -2.36. The molecule has 0 bridgehead atoms. The summed E-state index contributed by atoms with van der Waals surface area (Å²) in [5.74, 6) is -0.444. The summed E-state index contributed by atoms with van der Waals surface area (Å²) in [6, 6.07) is 13.3. The molecule has 3 rings (SSSR count). The first kappa shape index (κ1) is 17.6. The third kappa shape index (κ3) is 4.64. The highest BCUT2D eigenvalue weighted by molar-refractivity contribution is 7.89. The number of rotatable bonds is 5. The molecule has 132 valence electrons. The number of anilines is 1. The predicted octanol–water partition coefficient (Wildman–Crippen LogP) is 2.94. The van der Waals surface area contributed by atoms with E-state index in [9.17, 15) is 13.2 Å². The average Bonchev–Trinajstić information content (AvgIpc) is 2.63. The van der Waals surface area contributed by atoms with E-state index < -0.39 is 15.9 Å². The standard InChI is InChI=1S/C18H21N3O3S/c22-18(19-14-8-3-1-4-9-14)16-12-7-13-17(20-16)25(23,24)21-15-10-5-2-6-11-15/h1,3-4,7-9,12-13,15,21H,2,5-6,10-11H2,(H,19,22). The smallest absolute Gasteiger partial charge is 0.274 e. The Morgan fingerprint density at radius 3 is 2.40 bits per heavy atom. The van der Waals surface area contributed by atoms with Gasteiger partial charge in [-0.1, -0.05) is 43.5 Å². The number of para-hydroxylation sites is 1. The van der Waals surface area contributed by atoms with Crippen LogP contribution in [0.15, 0.2) is 53.6 Å². The molecule has 0 aliphatic heterocycles. The van der Waals surface area contributed by atoms with Crippen LogP contribution in [0, 0.1) is 0 Å². The fourth-order valence-corrected chi connectivity index (χ4v) is 4.18. The van der Waals surface area contributed by atoms with Crippen LogP contribution in [-0.2, 0) is 10.0 Å². The van der Waals surface area contributed by atoms with Gasteiger partial charge in [-0.3, -0.25) is 4.79 Å². The molecule has 1 aromatic heterocycles. The van der Waals surface area contributed by atoms with Crippen LogP contribution in [-0.4, -0.2) is 25.4 Å². The van der Waals surface area contributed by atoms with Gasteiger partial charge in [0.1, 0.15) is 5.69 Å². The summed E-state index contributed by atoms with van der Waals surface area (Å²) in [7, 11) is -3.73. The van der Waals surface area contributed by atoms with Crippen LogP contribution >= 0.6 is 0 Å². The van der Waals surface area contributed by atoms with Gasteiger partial charge in [-0.05, 0) is 37.1 Å². The molecule has 0 atom stereocenters. The van der Waals surface area contributed by atoms with Gasteiger partial charge in [0.25, 0.3) is 15.9 Å². The van der Waals surface area contributed by atoms with Gasteiger partial charge in [-0.2, -0.15) is 0 Å². The maximum absolute atomic E-state index is 12.5. The molecule has 25 heavy (non-hydrogen) atoms. The topological polar surface area (TPSA) is 88.2 Å². The summed E-state index contributed by atoms with van der Waals surface area (Å²) in [4.78, 5) is 16.3. The lowest BCUT2D eigenvalue weighted by molar-refractivity contribution is 0.102. The van der Waals surface area contributed by atoms with Gasteiger partial charge in [-0.25, -0.2) is 18.1 Å². The monoisotopic (exact) mass is 359 g/mol. The predicted molar refractivity (Wildman–Crippen MR) is 95.8 cm³/mol. The summed E-state index contributed by atoms with van der Waals surface area (Å²) in [5, 5.41) is 2.58. The lowest BCUT2D eigenvalue weighted by atomic mass is 9.96. The molecule has 7 heteroatoms. The second-order valence-electron chi connectivity index (χ2n) is 6.14. The number of carbonyl (C=O) groups excluding carboxylic acids is 1. The molecule has 1 aliphatic rings. The highest BCUT2D eigenvalue weighted by Gasteiger charge is 2.23. The van der Waals surface area contributed by atoms with Crippen LogP contribution in [0.4, 0.5) is 5.69 Å². The van der Waals surface area contributed by atoms with Gasteiger partial charge in [0, 0.05) is 11.7 Å². The van der Waals surface area contributed by atoms with Crippen molar-refractivity contribution in [2.75, 3.05) is 5.32 Å². The molecule has 1 fully saturated rings. The summed E-state index contributed by atoms with van der Waals surface area (Å²) < 4.78 is 27.8. The molecule has 1 saturated carbocycles. The number of aromatic nitrogens is 1. The van der Waals surface area contributed by atoms with Crippen molar-refractivity contribution in [3.63, 3.8) is 0 Å². The third-order valence-corrected chi connectivity index (χ3v) is 5.61. The molecule has 0 saturated heterocycles. The van der Waals surface area contributed by atoms with Gasteiger partial charge in [0.05, 0.1) is 0 Å². The van der Waals surface area contributed by atoms with Crippen molar-refractivity contribution in [3.8, 4) is 0 Å². The molecule has 1 aliphatic carbocycles. The largest absolute Gasteiger partial charge is 0.321 e. The molecular weight excluding hydrogens is 338 g/mol. The van der Waals surface area contributed by atoms with Crippen molar-refractivity contribution in [2.45, 2.75) is 43.2 Å². The van der Waals surface area contributed by atoms with Crippen LogP contribution in [0.5, 0.6) is 0 Å². The maximum atomic E-state index is 12.5. The Bertz CT molecular complexity index is 832. The number of nitrogens with one attached hydrogen (secondary N) is 2. The zero-order valence-corrected chi connectivity index (χ0v) is 14.6. The van der Waals surface area contributed by atoms with Crippen LogP contribution < -0.4 is 10.0 Å². The molecule has 0 unspecified atom stereocenters. The number of pyridine rings is 1. The van der Waals surface area contributed by atoms with E-state index >= 15 is 0 Å². The zero-order valence-electron chi connectivity index (χ0n) is 13.8. The molecule has 2 aromatic rings. The highest BCUT2D eigenvalue weighted by Crippen LogP contribution is 2.19. The number of hydrogen-bond donors (Lipinski definition) is 2. The van der Waals surface area contributed by atoms with E-state index in [1.54, 1.807) is 24.3 Å². The SMILES string of the molecule is O=C(Nc1ccccc1)c1cccc(S(=O)(=O)NC2CCCCC2)n1. The normalized spacial score (nSPS) is 15.7. The van der Waals surface area contributed by atoms with Gasteiger partial charge in [0.15, 0.2) is 5.03 Å². The molecule has 2 N–H and O–H groups in total. The van der Waals surface area contributed by atoms with Gasteiger partial charge < -0.3 is 5.32 Å². The second kappa shape index (κ2) is 7.76. The van der Waals surface area contributed by atoms with E-state index in [1.807, 2.05) is 6.07 Å². The Hall–Kier alpha value is -2.25. The van der Waals surface area contributed by atoms with E-state index in [1.165, 1.54) is 18.2 Å². The summed E-state index contributed by atoms with van der Waals surface area (Å²) in [5.41, 5.74) is 0.693. The minimum absolute atomic E-state index is 0.0534. The molecule has 1 amide bonds. The van der Waals surface area contributed by atoms with Crippen molar-refractivity contribution >= 4 is 21.6 Å². The van der Waals surface area contributed by atoms with E-state index in [2.05, 4.69) is 15.0 Å². The first-order valence-electron chi connectivity index (χ1n) is 8.40. The number of amides is 1. The van der Waals surface area contributed by atoms with Crippen molar-refractivity contribution in [1.29, 1.82) is 0 Å². The van der Waals surface area contributed by atoms with E-state index in [0.717, 1.165) is 32.1 Å². The van der Waals surface area contributed by atoms with Crippen molar-refractivity contribution in [2.24, 2.45) is 0 Å². The maximum Gasteiger partial charge on any atom is 0.274 e. The van der Waals surface area contributed by atoms with Crippen molar-refractivity contribution in [1.82, 2.24) is 9.71 Å². The zero-order chi connectivity index (χ0) is 17.7. The summed E-state index contributed by atoms with van der Waals surface area (Å²) in [6.07, 6.45) is 4.88. The Kier molecular flexibility index (Phi) is 5.45. The highest BCUT2D eigenvalue weighted by atomic mass is 32.2. The first-order valence-corrected chi connectivity index (χ1v) is 9.89. The summed E-state index contributed by atoms with van der Waals surface area (Å²) >= 11 is 0. The quantitative estimate of drug-likeness (QED) is 0.859. The third-order valence-electron chi connectivity index (χ3n) is 4.19. The lowest BCUT2D eigenvalue weighted by Gasteiger charge is -2.22. The number of sulfonamides is 1. The molecule has 1 heterocycles. The number of nitrogens with zero attached hydrogens (tertiary/aromatic N) is 1. The van der Waals surface area contributed by atoms with E-state index in [4.69, 9.17) is 0 Å². The van der Waals surface area contributed by atoms with E-state index in [0.29, 0.717) is 5.69 Å². The van der Waals surface area contributed by atoms with Gasteiger partial charge in [-0.15, -0.1) is 0 Å². The second-order valence-corrected chi connectivity index (χ2v) is 7.80. The first-order chi connectivity index (χ1) is 12.0. The van der Waals surface area contributed by atoms with Gasteiger partial charge in [0.2, 0.25) is 0 Å². The molecule has 0 radical (unpaired) electrons. The van der Waals surface area contributed by atoms with Crippen LogP contribution in [0.2, 0.25) is 0 Å². The fraction of sp³-hybridized carbons (Fsp3) is 0.333. The average molecular weight is 359 g/mol. The fourth-order valence-electron chi connectivity index (χ4n) is 2.91. The molecule has 1 aromatic carbocycles. The van der Waals surface area contributed by atoms with Crippen LogP contribution in [0.1, 0.15) is 42.6 Å². The Morgan fingerprint density at radius 2 is 1.68 bits per heavy atom. The molecular formula is C18H21N3O3S. The Balaban J connectivity index is 1.75. The number of carbonyl (C=O) groups is 1. The minimum atomic E-state index is -3.73. The number of benzene rings is 1. The summed E-state index contributed by atoms with van der Waals surface area (Å²) in [6.45, 7) is 0. The van der Waals surface area contributed by atoms with Crippen molar-refractivity contribution < 1.29 is 13.2 Å². The van der Waals surface area contributed by atoms with Crippen molar-refractivity contribution in [3.05, 3.63) is 54.2 Å². The van der Waals surface area contributed by atoms with Crippen LogP contribution in [0.25, 0.3) is 0 Å². The molecule has 0 spiro atoms. The van der Waals surface area contributed by atoms with Crippen LogP contribution in [0.3, 0.4) is 0 Å².